The van der Waals surface area contributed by atoms with Crippen LogP contribution in [0, 0.1) is 11.3 Å². The number of nitriles is 1. The number of amides is 1. The molecule has 0 aliphatic carbocycles. The average molecular weight is 347 g/mol. The van der Waals surface area contributed by atoms with Gasteiger partial charge in [-0.1, -0.05) is 41.4 Å². The maximum Gasteiger partial charge on any atom is 0.266 e. The zero-order chi connectivity index (χ0) is 16.8. The minimum atomic E-state index is -0.581. The number of nitrogens with one attached hydrogen (secondary N) is 1. The highest BCUT2D eigenvalue weighted by Gasteiger charge is 2.13. The van der Waals surface area contributed by atoms with Gasteiger partial charge in [0.1, 0.15) is 17.4 Å². The molecule has 0 atom stereocenters. The first-order valence-corrected chi connectivity index (χ1v) is 7.32. The molecular weight excluding hydrogens is 335 g/mol. The van der Waals surface area contributed by atoms with Gasteiger partial charge in [-0.05, 0) is 30.3 Å². The predicted molar refractivity (Wildman–Crippen MR) is 91.7 cm³/mol. The average Bonchev–Trinajstić information content (AvgIpc) is 2.56. The van der Waals surface area contributed by atoms with Crippen molar-refractivity contribution in [1.82, 2.24) is 0 Å². The summed E-state index contributed by atoms with van der Waals surface area (Å²) in [5.41, 5.74) is 0.884. The molecule has 116 valence electrons. The summed E-state index contributed by atoms with van der Waals surface area (Å²) < 4.78 is 5.20. The van der Waals surface area contributed by atoms with Crippen molar-refractivity contribution >= 4 is 40.9 Å². The lowest BCUT2D eigenvalue weighted by Crippen LogP contribution is -2.13. The second-order valence-corrected chi connectivity index (χ2v) is 5.33. The van der Waals surface area contributed by atoms with E-state index in [9.17, 15) is 10.1 Å². The number of rotatable bonds is 4. The molecule has 0 aliphatic heterocycles. The van der Waals surface area contributed by atoms with E-state index >= 15 is 0 Å². The molecule has 0 spiro atoms. The van der Waals surface area contributed by atoms with Crippen molar-refractivity contribution in [2.24, 2.45) is 0 Å². The van der Waals surface area contributed by atoms with E-state index < -0.39 is 5.91 Å². The van der Waals surface area contributed by atoms with Crippen LogP contribution >= 0.6 is 23.2 Å². The van der Waals surface area contributed by atoms with E-state index in [0.717, 1.165) is 0 Å². The van der Waals surface area contributed by atoms with Gasteiger partial charge in [0, 0.05) is 10.6 Å². The standard InChI is InChI=1S/C17H12Cl2N2O2/c1-23-16-5-3-2-4-11(16)8-12(10-20)17(22)21-15-9-13(18)6-7-14(15)19/h2-9H,1H3,(H,21,22)/b12-8+. The highest BCUT2D eigenvalue weighted by molar-refractivity contribution is 6.36. The van der Waals surface area contributed by atoms with Crippen molar-refractivity contribution < 1.29 is 9.53 Å². The van der Waals surface area contributed by atoms with Crippen molar-refractivity contribution in [3.8, 4) is 11.8 Å². The number of hydrogen-bond donors (Lipinski definition) is 1. The minimum absolute atomic E-state index is 0.0782. The number of para-hydroxylation sites is 1. The van der Waals surface area contributed by atoms with Crippen LogP contribution in [0.5, 0.6) is 5.75 Å². The fourth-order valence-corrected chi connectivity index (χ4v) is 2.21. The zero-order valence-electron chi connectivity index (χ0n) is 12.1. The molecule has 0 radical (unpaired) electrons. The molecule has 4 nitrogen and oxygen atoms in total. The maximum absolute atomic E-state index is 12.3. The van der Waals surface area contributed by atoms with Crippen LogP contribution in [-0.4, -0.2) is 13.0 Å². The van der Waals surface area contributed by atoms with E-state index in [1.165, 1.54) is 19.3 Å². The molecule has 2 aromatic rings. The number of nitrogens with zero attached hydrogens (tertiary/aromatic N) is 1. The van der Waals surface area contributed by atoms with Crippen LogP contribution in [0.1, 0.15) is 5.56 Å². The van der Waals surface area contributed by atoms with Gasteiger partial charge >= 0.3 is 0 Å². The first kappa shape index (κ1) is 16.9. The lowest BCUT2D eigenvalue weighted by Gasteiger charge is -2.08. The summed E-state index contributed by atoms with van der Waals surface area (Å²) >= 11 is 11.9. The Labute approximate surface area is 143 Å². The van der Waals surface area contributed by atoms with Crippen LogP contribution in [0.15, 0.2) is 48.0 Å². The molecule has 2 aromatic carbocycles. The van der Waals surface area contributed by atoms with Gasteiger partial charge < -0.3 is 10.1 Å². The van der Waals surface area contributed by atoms with E-state index in [2.05, 4.69) is 5.32 Å². The third-order valence-electron chi connectivity index (χ3n) is 2.98. The Morgan fingerprint density at radius 2 is 2.00 bits per heavy atom. The third kappa shape index (κ3) is 4.26. The summed E-state index contributed by atoms with van der Waals surface area (Å²) in [7, 11) is 1.52. The fourth-order valence-electron chi connectivity index (χ4n) is 1.87. The highest BCUT2D eigenvalue weighted by atomic mass is 35.5. The van der Waals surface area contributed by atoms with Crippen molar-refractivity contribution in [1.29, 1.82) is 5.26 Å². The fraction of sp³-hybridized carbons (Fsp3) is 0.0588. The molecule has 0 aromatic heterocycles. The summed E-state index contributed by atoms with van der Waals surface area (Å²) in [5, 5.41) is 12.6. The Kier molecular flexibility index (Phi) is 5.64. The predicted octanol–water partition coefficient (Wildman–Crippen LogP) is 4.55. The monoisotopic (exact) mass is 346 g/mol. The first-order valence-electron chi connectivity index (χ1n) is 6.56. The van der Waals surface area contributed by atoms with Gasteiger partial charge in [0.25, 0.3) is 5.91 Å². The van der Waals surface area contributed by atoms with E-state index in [-0.39, 0.29) is 5.57 Å². The van der Waals surface area contributed by atoms with E-state index in [1.807, 2.05) is 6.07 Å². The second-order valence-electron chi connectivity index (χ2n) is 4.49. The van der Waals surface area contributed by atoms with E-state index in [4.69, 9.17) is 27.9 Å². The number of ether oxygens (including phenoxy) is 1. The SMILES string of the molecule is COc1ccccc1/C=C(\C#N)C(=O)Nc1cc(Cl)ccc1Cl. The molecule has 1 N–H and O–H groups in total. The van der Waals surface area contributed by atoms with Crippen molar-refractivity contribution in [3.63, 3.8) is 0 Å². The van der Waals surface area contributed by atoms with Gasteiger partial charge in [-0.3, -0.25) is 4.79 Å². The van der Waals surface area contributed by atoms with Crippen LogP contribution in [0.25, 0.3) is 6.08 Å². The van der Waals surface area contributed by atoms with Crippen LogP contribution in [-0.2, 0) is 4.79 Å². The van der Waals surface area contributed by atoms with Gasteiger partial charge in [0.15, 0.2) is 0 Å². The Morgan fingerprint density at radius 1 is 1.26 bits per heavy atom. The van der Waals surface area contributed by atoms with Gasteiger partial charge in [-0.2, -0.15) is 5.26 Å². The molecule has 0 unspecified atom stereocenters. The third-order valence-corrected chi connectivity index (χ3v) is 3.55. The largest absolute Gasteiger partial charge is 0.496 e. The van der Waals surface area contributed by atoms with Crippen molar-refractivity contribution in [2.75, 3.05) is 12.4 Å². The summed E-state index contributed by atoms with van der Waals surface area (Å²) in [5.74, 6) is -0.0172. The number of carbonyl (C=O) groups is 1. The van der Waals surface area contributed by atoms with Crippen LogP contribution in [0.3, 0.4) is 0 Å². The lowest BCUT2D eigenvalue weighted by atomic mass is 10.1. The molecular formula is C17H12Cl2N2O2. The molecule has 0 heterocycles. The summed E-state index contributed by atoms with van der Waals surface area (Å²) in [6.45, 7) is 0. The first-order chi connectivity index (χ1) is 11.0. The van der Waals surface area contributed by atoms with Crippen LogP contribution in [0.4, 0.5) is 5.69 Å². The molecule has 0 bridgehead atoms. The van der Waals surface area contributed by atoms with E-state index in [0.29, 0.717) is 27.0 Å². The van der Waals surface area contributed by atoms with Gasteiger partial charge in [-0.15, -0.1) is 0 Å². The van der Waals surface area contributed by atoms with Crippen molar-refractivity contribution in [3.05, 3.63) is 63.6 Å². The second kappa shape index (κ2) is 7.68. The van der Waals surface area contributed by atoms with Crippen LogP contribution in [0.2, 0.25) is 10.0 Å². The number of methoxy groups -OCH3 is 1. The maximum atomic E-state index is 12.3. The minimum Gasteiger partial charge on any atom is -0.496 e. The number of benzene rings is 2. The van der Waals surface area contributed by atoms with E-state index in [1.54, 1.807) is 36.4 Å². The molecule has 0 aliphatic rings. The molecule has 0 fully saturated rings. The summed E-state index contributed by atoms with van der Waals surface area (Å²) in [6.07, 6.45) is 1.45. The quantitative estimate of drug-likeness (QED) is 0.652. The zero-order valence-corrected chi connectivity index (χ0v) is 13.7. The molecule has 2 rings (SSSR count). The smallest absolute Gasteiger partial charge is 0.266 e. The number of anilines is 1. The lowest BCUT2D eigenvalue weighted by molar-refractivity contribution is -0.112. The molecule has 1 amide bonds. The molecule has 0 saturated carbocycles. The molecule has 6 heteroatoms. The Morgan fingerprint density at radius 3 is 2.70 bits per heavy atom. The van der Waals surface area contributed by atoms with Gasteiger partial charge in [0.05, 0.1) is 17.8 Å². The topological polar surface area (TPSA) is 62.1 Å². The van der Waals surface area contributed by atoms with Crippen molar-refractivity contribution in [2.45, 2.75) is 0 Å². The van der Waals surface area contributed by atoms with Gasteiger partial charge in [-0.25, -0.2) is 0 Å². The molecule has 0 saturated heterocycles. The number of hydrogen-bond acceptors (Lipinski definition) is 3. The Bertz CT molecular complexity index is 810. The number of halogens is 2. The summed E-state index contributed by atoms with van der Waals surface area (Å²) in [4.78, 5) is 12.3. The Balaban J connectivity index is 2.30. The highest BCUT2D eigenvalue weighted by Crippen LogP contribution is 2.26. The molecule has 23 heavy (non-hydrogen) atoms. The Hall–Kier alpha value is -2.48. The number of carbonyl (C=O) groups excluding carboxylic acids is 1. The van der Waals surface area contributed by atoms with Crippen LogP contribution < -0.4 is 10.1 Å². The normalized spacial score (nSPS) is 10.8. The van der Waals surface area contributed by atoms with Gasteiger partial charge in [0.2, 0.25) is 0 Å². The summed E-state index contributed by atoms with van der Waals surface area (Å²) in [6, 6.07) is 13.6.